The van der Waals surface area contributed by atoms with Crippen molar-refractivity contribution >= 4 is 12.0 Å². The van der Waals surface area contributed by atoms with Crippen molar-refractivity contribution in [1.82, 2.24) is 4.90 Å². The van der Waals surface area contributed by atoms with Crippen molar-refractivity contribution < 1.29 is 9.90 Å². The second-order valence-electron chi connectivity index (χ2n) is 6.66. The molecule has 1 saturated heterocycles. The molecule has 114 valence electrons. The van der Waals surface area contributed by atoms with E-state index in [1.807, 2.05) is 18.2 Å². The highest BCUT2D eigenvalue weighted by molar-refractivity contribution is 5.85. The maximum atomic E-state index is 10.7. The van der Waals surface area contributed by atoms with Gasteiger partial charge in [-0.25, -0.2) is 4.79 Å². The highest BCUT2D eigenvalue weighted by Gasteiger charge is 2.23. The van der Waals surface area contributed by atoms with Crippen LogP contribution in [-0.4, -0.2) is 29.1 Å². The number of carboxylic acid groups (broad SMARTS) is 1. The lowest BCUT2D eigenvalue weighted by Gasteiger charge is -2.23. The lowest BCUT2D eigenvalue weighted by molar-refractivity contribution is -0.131. The Hall–Kier alpha value is -1.61. The van der Waals surface area contributed by atoms with E-state index in [1.54, 1.807) is 6.08 Å². The number of likely N-dealkylation sites (tertiary alicyclic amines) is 1. The van der Waals surface area contributed by atoms with Crippen LogP contribution in [0.15, 0.2) is 30.3 Å². The van der Waals surface area contributed by atoms with Crippen molar-refractivity contribution in [3.63, 3.8) is 0 Å². The van der Waals surface area contributed by atoms with Crippen molar-refractivity contribution in [2.45, 2.75) is 39.7 Å². The van der Waals surface area contributed by atoms with Crippen LogP contribution in [0, 0.1) is 5.41 Å². The van der Waals surface area contributed by atoms with Gasteiger partial charge in [-0.3, -0.25) is 4.90 Å². The number of hydrogen-bond acceptors (Lipinski definition) is 2. The van der Waals surface area contributed by atoms with E-state index in [-0.39, 0.29) is 0 Å². The lowest BCUT2D eigenvalue weighted by Crippen LogP contribution is -2.25. The van der Waals surface area contributed by atoms with E-state index in [9.17, 15) is 4.79 Å². The van der Waals surface area contributed by atoms with Gasteiger partial charge in [0.1, 0.15) is 0 Å². The third-order valence-corrected chi connectivity index (χ3v) is 4.29. The molecular weight excluding hydrogens is 262 g/mol. The third kappa shape index (κ3) is 5.01. The minimum Gasteiger partial charge on any atom is -0.478 e. The van der Waals surface area contributed by atoms with E-state index in [0.29, 0.717) is 5.41 Å². The summed E-state index contributed by atoms with van der Waals surface area (Å²) in [4.78, 5) is 13.2. The molecule has 0 bridgehead atoms. The Bertz CT molecular complexity index is 520. The highest BCUT2D eigenvalue weighted by atomic mass is 16.4. The van der Waals surface area contributed by atoms with Crippen LogP contribution in [0.25, 0.3) is 6.08 Å². The SMILES string of the molecule is CC1(C)CCCN(Cc2ccccc2C=CC(=O)O)CC1. The number of nitrogens with zero attached hydrogens (tertiary/aromatic N) is 1. The Morgan fingerprint density at radius 3 is 2.81 bits per heavy atom. The van der Waals surface area contributed by atoms with Crippen LogP contribution in [-0.2, 0) is 11.3 Å². The minimum absolute atomic E-state index is 0.442. The van der Waals surface area contributed by atoms with Gasteiger partial charge in [0.25, 0.3) is 0 Å². The molecule has 1 heterocycles. The molecule has 0 saturated carbocycles. The van der Waals surface area contributed by atoms with Crippen LogP contribution in [0.5, 0.6) is 0 Å². The van der Waals surface area contributed by atoms with Crippen LogP contribution in [0.3, 0.4) is 0 Å². The Morgan fingerprint density at radius 1 is 1.29 bits per heavy atom. The van der Waals surface area contributed by atoms with Crippen molar-refractivity contribution in [3.05, 3.63) is 41.5 Å². The molecule has 21 heavy (non-hydrogen) atoms. The third-order valence-electron chi connectivity index (χ3n) is 4.29. The molecular formula is C18H25NO2. The zero-order valence-corrected chi connectivity index (χ0v) is 13.0. The van der Waals surface area contributed by atoms with Gasteiger partial charge in [-0.05, 0) is 55.0 Å². The molecule has 3 heteroatoms. The van der Waals surface area contributed by atoms with Crippen LogP contribution in [0.4, 0.5) is 0 Å². The lowest BCUT2D eigenvalue weighted by atomic mass is 9.85. The summed E-state index contributed by atoms with van der Waals surface area (Å²) >= 11 is 0. The Kier molecular flexibility index (Phi) is 5.18. The Morgan fingerprint density at radius 2 is 2.05 bits per heavy atom. The highest BCUT2D eigenvalue weighted by Crippen LogP contribution is 2.30. The summed E-state index contributed by atoms with van der Waals surface area (Å²) in [5.74, 6) is -0.902. The Labute approximate surface area is 127 Å². The fourth-order valence-electron chi connectivity index (χ4n) is 2.88. The first-order valence-corrected chi connectivity index (χ1v) is 7.68. The molecule has 1 aliphatic rings. The average molecular weight is 287 g/mol. The summed E-state index contributed by atoms with van der Waals surface area (Å²) in [6.07, 6.45) is 6.65. The monoisotopic (exact) mass is 287 g/mol. The van der Waals surface area contributed by atoms with Gasteiger partial charge in [0, 0.05) is 12.6 Å². The van der Waals surface area contributed by atoms with Gasteiger partial charge >= 0.3 is 5.97 Å². The predicted octanol–water partition coefficient (Wildman–Crippen LogP) is 3.80. The van der Waals surface area contributed by atoms with Crippen LogP contribution in [0.1, 0.15) is 44.2 Å². The van der Waals surface area contributed by atoms with Gasteiger partial charge in [0.15, 0.2) is 0 Å². The fourth-order valence-corrected chi connectivity index (χ4v) is 2.88. The summed E-state index contributed by atoms with van der Waals surface area (Å²) in [6.45, 7) is 7.83. The molecule has 0 unspecified atom stereocenters. The first-order valence-electron chi connectivity index (χ1n) is 7.68. The van der Waals surface area contributed by atoms with Crippen LogP contribution >= 0.6 is 0 Å². The standard InChI is InChI=1S/C18H25NO2/c1-18(2)10-5-12-19(13-11-18)14-16-7-4-3-6-15(16)8-9-17(20)21/h3-4,6-9H,5,10-14H2,1-2H3,(H,20,21). The fraction of sp³-hybridized carbons (Fsp3) is 0.500. The zero-order chi connectivity index (χ0) is 15.3. The zero-order valence-electron chi connectivity index (χ0n) is 13.0. The Balaban J connectivity index is 2.07. The summed E-state index contributed by atoms with van der Waals surface area (Å²) in [6, 6.07) is 8.06. The topological polar surface area (TPSA) is 40.5 Å². The van der Waals surface area contributed by atoms with E-state index in [4.69, 9.17) is 5.11 Å². The smallest absolute Gasteiger partial charge is 0.328 e. The van der Waals surface area contributed by atoms with E-state index >= 15 is 0 Å². The second kappa shape index (κ2) is 6.90. The van der Waals surface area contributed by atoms with E-state index in [1.165, 1.54) is 30.9 Å². The molecule has 0 radical (unpaired) electrons. The van der Waals surface area contributed by atoms with E-state index < -0.39 is 5.97 Å². The molecule has 1 fully saturated rings. The summed E-state index contributed by atoms with van der Waals surface area (Å²) in [7, 11) is 0. The average Bonchev–Trinajstić information content (AvgIpc) is 2.59. The number of carboxylic acids is 1. The van der Waals surface area contributed by atoms with Gasteiger partial charge in [0.2, 0.25) is 0 Å². The molecule has 3 nitrogen and oxygen atoms in total. The number of carbonyl (C=O) groups is 1. The van der Waals surface area contributed by atoms with Crippen LogP contribution in [0.2, 0.25) is 0 Å². The van der Waals surface area contributed by atoms with Crippen LogP contribution < -0.4 is 0 Å². The van der Waals surface area contributed by atoms with Gasteiger partial charge in [-0.2, -0.15) is 0 Å². The largest absolute Gasteiger partial charge is 0.478 e. The second-order valence-corrected chi connectivity index (χ2v) is 6.66. The molecule has 1 N–H and O–H groups in total. The first kappa shape index (κ1) is 15.8. The van der Waals surface area contributed by atoms with E-state index in [2.05, 4.69) is 24.8 Å². The number of rotatable bonds is 4. The van der Waals surface area contributed by atoms with Gasteiger partial charge in [-0.15, -0.1) is 0 Å². The molecule has 0 aromatic heterocycles. The van der Waals surface area contributed by atoms with Gasteiger partial charge < -0.3 is 5.11 Å². The number of benzene rings is 1. The first-order chi connectivity index (χ1) is 9.96. The van der Waals surface area contributed by atoms with Crippen molar-refractivity contribution in [2.75, 3.05) is 13.1 Å². The van der Waals surface area contributed by atoms with Crippen molar-refractivity contribution in [3.8, 4) is 0 Å². The molecule has 2 rings (SSSR count). The molecule has 0 amide bonds. The molecule has 1 aromatic carbocycles. The number of aliphatic carboxylic acids is 1. The van der Waals surface area contributed by atoms with Gasteiger partial charge in [-0.1, -0.05) is 38.1 Å². The van der Waals surface area contributed by atoms with E-state index in [0.717, 1.165) is 25.2 Å². The maximum Gasteiger partial charge on any atom is 0.328 e. The summed E-state index contributed by atoms with van der Waals surface area (Å²) in [5, 5.41) is 8.78. The number of hydrogen-bond donors (Lipinski definition) is 1. The molecule has 0 aliphatic carbocycles. The minimum atomic E-state index is -0.902. The van der Waals surface area contributed by atoms with Crippen molar-refractivity contribution in [2.24, 2.45) is 5.41 Å². The molecule has 0 atom stereocenters. The summed E-state index contributed by atoms with van der Waals surface area (Å²) < 4.78 is 0. The molecule has 1 aliphatic heterocycles. The maximum absolute atomic E-state index is 10.7. The molecule has 0 spiro atoms. The van der Waals surface area contributed by atoms with Crippen molar-refractivity contribution in [1.29, 1.82) is 0 Å². The molecule has 1 aromatic rings. The van der Waals surface area contributed by atoms with Gasteiger partial charge in [0.05, 0.1) is 0 Å². The summed E-state index contributed by atoms with van der Waals surface area (Å²) in [5.41, 5.74) is 2.65. The predicted molar refractivity (Wildman–Crippen MR) is 86.0 cm³/mol. The normalized spacial score (nSPS) is 19.5. The quantitative estimate of drug-likeness (QED) is 0.856.